The second kappa shape index (κ2) is 7.53. The number of hydrogen-bond donors (Lipinski definition) is 0. The highest BCUT2D eigenvalue weighted by atomic mass is 16.7. The Morgan fingerprint density at radius 1 is 0.966 bits per heavy atom. The maximum Gasteiger partial charge on any atom is 0.270 e. The second-order valence-electron chi connectivity index (χ2n) is 7.15. The predicted octanol–water partition coefficient (Wildman–Crippen LogP) is 5.81. The van der Waals surface area contributed by atoms with Crippen molar-refractivity contribution < 1.29 is 14.4 Å². The predicted molar refractivity (Wildman–Crippen MR) is 112 cm³/mol. The third-order valence-electron chi connectivity index (χ3n) is 4.75. The molecule has 0 fully saturated rings. The number of fused-ring (bicyclic) bond motifs is 1. The highest BCUT2D eigenvalue weighted by Crippen LogP contribution is 2.48. The number of nitrogens with zero attached hydrogens (tertiary/aromatic N) is 1. The van der Waals surface area contributed by atoms with E-state index in [1.807, 2.05) is 80.6 Å². The van der Waals surface area contributed by atoms with Crippen molar-refractivity contribution in [3.05, 3.63) is 106 Å². The Balaban J connectivity index is 1.99. The lowest BCUT2D eigenvalue weighted by atomic mass is 9.87. The van der Waals surface area contributed by atoms with Gasteiger partial charge in [-0.25, -0.2) is 0 Å². The van der Waals surface area contributed by atoms with E-state index >= 15 is 0 Å². The van der Waals surface area contributed by atoms with Crippen molar-refractivity contribution in [3.63, 3.8) is 0 Å². The van der Waals surface area contributed by atoms with Crippen molar-refractivity contribution in [2.75, 3.05) is 0 Å². The van der Waals surface area contributed by atoms with Crippen LogP contribution in [0.3, 0.4) is 0 Å². The Hall–Kier alpha value is -3.44. The van der Waals surface area contributed by atoms with Crippen molar-refractivity contribution in [3.8, 4) is 5.75 Å². The van der Waals surface area contributed by atoms with E-state index in [1.165, 1.54) is 12.1 Å². The summed E-state index contributed by atoms with van der Waals surface area (Å²) in [6.07, 6.45) is 1.80. The summed E-state index contributed by atoms with van der Waals surface area (Å²) in [7, 11) is 0. The van der Waals surface area contributed by atoms with Crippen LogP contribution < -0.4 is 4.74 Å². The van der Waals surface area contributed by atoms with Gasteiger partial charge in [0.25, 0.3) is 11.5 Å². The smallest absolute Gasteiger partial charge is 0.270 e. The quantitative estimate of drug-likeness (QED) is 0.410. The molecular weight excluding hydrogens is 366 g/mol. The van der Waals surface area contributed by atoms with Crippen LogP contribution >= 0.6 is 0 Å². The lowest BCUT2D eigenvalue weighted by Gasteiger charge is -2.41. The van der Waals surface area contributed by atoms with Crippen molar-refractivity contribution in [2.45, 2.75) is 25.7 Å². The SMILES string of the molecule is CC(C)OC1(c2ccccc2)Oc2ccc([N+](=O)[O-])cc2C=C1c1ccccc1. The van der Waals surface area contributed by atoms with Gasteiger partial charge in [-0.3, -0.25) is 10.1 Å². The van der Waals surface area contributed by atoms with Crippen LogP contribution in [0.4, 0.5) is 5.69 Å². The van der Waals surface area contributed by atoms with E-state index in [4.69, 9.17) is 9.47 Å². The first kappa shape index (κ1) is 18.9. The summed E-state index contributed by atoms with van der Waals surface area (Å²) in [5.41, 5.74) is 3.25. The third-order valence-corrected chi connectivity index (χ3v) is 4.75. The topological polar surface area (TPSA) is 61.6 Å². The molecule has 1 atom stereocenters. The molecule has 0 saturated heterocycles. The molecule has 0 spiro atoms. The summed E-state index contributed by atoms with van der Waals surface area (Å²) in [6.45, 7) is 3.92. The largest absolute Gasteiger partial charge is 0.453 e. The molecule has 1 aliphatic heterocycles. The van der Waals surface area contributed by atoms with Crippen LogP contribution in [-0.4, -0.2) is 11.0 Å². The monoisotopic (exact) mass is 387 g/mol. The van der Waals surface area contributed by atoms with E-state index in [9.17, 15) is 10.1 Å². The molecule has 0 amide bonds. The van der Waals surface area contributed by atoms with E-state index in [1.54, 1.807) is 6.07 Å². The van der Waals surface area contributed by atoms with E-state index in [-0.39, 0.29) is 11.8 Å². The Labute approximate surface area is 169 Å². The van der Waals surface area contributed by atoms with Crippen LogP contribution in [0.1, 0.15) is 30.5 Å². The number of hydrogen-bond acceptors (Lipinski definition) is 4. The van der Waals surface area contributed by atoms with Crippen LogP contribution in [0.2, 0.25) is 0 Å². The molecular formula is C24H21NO4. The fraction of sp³-hybridized carbons (Fsp3) is 0.167. The van der Waals surface area contributed by atoms with E-state index in [0.717, 1.165) is 16.7 Å². The van der Waals surface area contributed by atoms with Gasteiger partial charge >= 0.3 is 0 Å². The molecule has 29 heavy (non-hydrogen) atoms. The second-order valence-corrected chi connectivity index (χ2v) is 7.15. The van der Waals surface area contributed by atoms with E-state index in [0.29, 0.717) is 11.3 Å². The van der Waals surface area contributed by atoms with Crippen molar-refractivity contribution in [1.82, 2.24) is 0 Å². The van der Waals surface area contributed by atoms with Gasteiger partial charge in [0.05, 0.1) is 11.0 Å². The van der Waals surface area contributed by atoms with Crippen LogP contribution in [0.5, 0.6) is 5.75 Å². The fourth-order valence-electron chi connectivity index (χ4n) is 3.57. The maximum absolute atomic E-state index is 11.3. The fourth-order valence-corrected chi connectivity index (χ4v) is 3.57. The van der Waals surface area contributed by atoms with Gasteiger partial charge in [0.15, 0.2) is 0 Å². The van der Waals surface area contributed by atoms with Gasteiger partial charge in [-0.05, 0) is 31.6 Å². The highest BCUT2D eigenvalue weighted by molar-refractivity contribution is 5.90. The summed E-state index contributed by atoms with van der Waals surface area (Å²) >= 11 is 0. The first-order valence-electron chi connectivity index (χ1n) is 9.48. The van der Waals surface area contributed by atoms with Gasteiger partial charge in [-0.15, -0.1) is 0 Å². The third kappa shape index (κ3) is 3.52. The van der Waals surface area contributed by atoms with E-state index < -0.39 is 10.7 Å². The van der Waals surface area contributed by atoms with Gasteiger partial charge in [0, 0.05) is 28.8 Å². The zero-order valence-corrected chi connectivity index (χ0v) is 16.2. The lowest BCUT2D eigenvalue weighted by molar-refractivity contribution is -0.384. The summed E-state index contributed by atoms with van der Waals surface area (Å²) in [5.74, 6) is -0.625. The molecule has 3 aromatic carbocycles. The molecule has 3 aromatic rings. The van der Waals surface area contributed by atoms with Crippen LogP contribution in [0.15, 0.2) is 78.9 Å². The van der Waals surface area contributed by atoms with Crippen molar-refractivity contribution in [1.29, 1.82) is 0 Å². The Bertz CT molecular complexity index is 1060. The molecule has 1 heterocycles. The molecule has 0 N–H and O–H groups in total. The summed E-state index contributed by atoms with van der Waals surface area (Å²) in [6, 6.07) is 24.2. The first-order chi connectivity index (χ1) is 14.0. The van der Waals surface area contributed by atoms with Crippen molar-refractivity contribution in [2.24, 2.45) is 0 Å². The molecule has 5 heteroatoms. The van der Waals surface area contributed by atoms with Crippen molar-refractivity contribution >= 4 is 17.3 Å². The summed E-state index contributed by atoms with van der Waals surface area (Å²) in [5, 5.41) is 11.3. The molecule has 4 rings (SSSR count). The maximum atomic E-state index is 11.3. The molecule has 5 nitrogen and oxygen atoms in total. The molecule has 146 valence electrons. The van der Waals surface area contributed by atoms with Gasteiger partial charge in [-0.2, -0.15) is 0 Å². The lowest BCUT2D eigenvalue weighted by Crippen LogP contribution is -2.41. The minimum Gasteiger partial charge on any atom is -0.453 e. The summed E-state index contributed by atoms with van der Waals surface area (Å²) < 4.78 is 12.9. The van der Waals surface area contributed by atoms with Crippen LogP contribution in [-0.2, 0) is 10.5 Å². The normalized spacial score (nSPS) is 18.0. The van der Waals surface area contributed by atoms with Gasteiger partial charge < -0.3 is 9.47 Å². The van der Waals surface area contributed by atoms with Gasteiger partial charge in [-0.1, -0.05) is 60.7 Å². The molecule has 1 aliphatic rings. The zero-order valence-electron chi connectivity index (χ0n) is 16.2. The van der Waals surface area contributed by atoms with E-state index in [2.05, 4.69) is 0 Å². The number of benzene rings is 3. The summed E-state index contributed by atoms with van der Waals surface area (Å²) in [4.78, 5) is 10.8. The average molecular weight is 387 g/mol. The minimum absolute atomic E-state index is 0.0213. The molecule has 1 unspecified atom stereocenters. The zero-order chi connectivity index (χ0) is 20.4. The van der Waals surface area contributed by atoms with Crippen LogP contribution in [0, 0.1) is 10.1 Å². The highest BCUT2D eigenvalue weighted by Gasteiger charge is 2.44. The number of non-ortho nitro benzene ring substituents is 1. The average Bonchev–Trinajstić information content (AvgIpc) is 2.73. The van der Waals surface area contributed by atoms with Crippen LogP contribution in [0.25, 0.3) is 11.6 Å². The number of nitro benzene ring substituents is 1. The minimum atomic E-state index is -1.17. The number of rotatable bonds is 5. The standard InChI is InChI=1S/C24H21NO4/c1-17(2)28-24(20-11-7-4-8-12-20)22(18-9-5-3-6-10-18)16-19-15-21(25(26)27)13-14-23(19)29-24/h3-17H,1-2H3. The number of ether oxygens (including phenoxy) is 2. The molecule has 0 aromatic heterocycles. The molecule has 0 aliphatic carbocycles. The van der Waals surface area contributed by atoms with Gasteiger partial charge in [0.2, 0.25) is 0 Å². The number of nitro groups is 1. The molecule has 0 radical (unpaired) electrons. The van der Waals surface area contributed by atoms with Gasteiger partial charge in [0.1, 0.15) is 5.75 Å². The Morgan fingerprint density at radius 2 is 1.62 bits per heavy atom. The molecule has 0 bridgehead atoms. The Morgan fingerprint density at radius 3 is 2.24 bits per heavy atom. The molecule has 0 saturated carbocycles. The first-order valence-corrected chi connectivity index (χ1v) is 9.48. The Kier molecular flexibility index (Phi) is 4.91.